The summed E-state index contributed by atoms with van der Waals surface area (Å²) in [7, 11) is 1.49. The largest absolute Gasteiger partial charge is 0.496 e. The van der Waals surface area contributed by atoms with Crippen molar-refractivity contribution in [3.8, 4) is 18.1 Å². The summed E-state index contributed by atoms with van der Waals surface area (Å²) in [5, 5.41) is 6.38. The Labute approximate surface area is 215 Å². The zero-order valence-electron chi connectivity index (χ0n) is 21.4. The topological polar surface area (TPSA) is 104 Å². The molecule has 1 aliphatic carbocycles. The number of benzene rings is 1. The van der Waals surface area contributed by atoms with Crippen LogP contribution in [-0.2, 0) is 9.59 Å². The first-order valence-corrected chi connectivity index (χ1v) is 12.9. The number of amides is 3. The van der Waals surface area contributed by atoms with Gasteiger partial charge in [0.1, 0.15) is 23.3 Å². The van der Waals surface area contributed by atoms with E-state index in [9.17, 15) is 18.8 Å². The van der Waals surface area contributed by atoms with E-state index in [0.29, 0.717) is 30.5 Å². The number of hydrogen-bond acceptors (Lipinski definition) is 4. The van der Waals surface area contributed by atoms with Crippen LogP contribution in [0.25, 0.3) is 10.9 Å². The van der Waals surface area contributed by atoms with E-state index in [0.717, 1.165) is 19.3 Å². The van der Waals surface area contributed by atoms with Crippen LogP contribution in [0.4, 0.5) is 4.39 Å². The molecule has 37 heavy (non-hydrogen) atoms. The standard InChI is InChI=1S/C28H33FN4O4/c1-5-17(11-16-13-28(2,3)32-25(16)34)30-26(35)24-18-8-6-7-15(18)14-33(24)27(36)21-12-19-22(37-4)10-9-20(29)23(19)31-21/h1,9-10,12,15-18,24,31H,6-8,11,13-14H2,2-4H3,(H,30,35)(H,32,34). The third-order valence-electron chi connectivity index (χ3n) is 8.20. The van der Waals surface area contributed by atoms with E-state index in [4.69, 9.17) is 11.2 Å². The molecule has 1 aromatic heterocycles. The summed E-state index contributed by atoms with van der Waals surface area (Å²) in [6.45, 7) is 4.38. The maximum atomic E-state index is 14.5. The van der Waals surface area contributed by atoms with Crippen molar-refractivity contribution in [2.75, 3.05) is 13.7 Å². The molecule has 5 unspecified atom stereocenters. The lowest BCUT2D eigenvalue weighted by atomic mass is 9.91. The van der Waals surface area contributed by atoms with E-state index in [-0.39, 0.29) is 52.2 Å². The van der Waals surface area contributed by atoms with Gasteiger partial charge >= 0.3 is 0 Å². The number of aromatic amines is 1. The van der Waals surface area contributed by atoms with Crippen molar-refractivity contribution < 1.29 is 23.5 Å². The minimum absolute atomic E-state index is 0.0340. The molecule has 2 aliphatic heterocycles. The molecule has 1 aromatic carbocycles. The lowest BCUT2D eigenvalue weighted by molar-refractivity contribution is -0.127. The van der Waals surface area contributed by atoms with Gasteiger partial charge in [0, 0.05) is 23.4 Å². The number of terminal acetylenes is 1. The van der Waals surface area contributed by atoms with Crippen LogP contribution in [0.1, 0.15) is 56.4 Å². The monoisotopic (exact) mass is 508 g/mol. The lowest BCUT2D eigenvalue weighted by Gasteiger charge is -2.28. The number of carbonyl (C=O) groups is 3. The smallest absolute Gasteiger partial charge is 0.271 e. The van der Waals surface area contributed by atoms with Crippen molar-refractivity contribution in [2.45, 2.75) is 63.6 Å². The Morgan fingerprint density at radius 1 is 1.35 bits per heavy atom. The van der Waals surface area contributed by atoms with Gasteiger partial charge in [0.2, 0.25) is 11.8 Å². The number of methoxy groups -OCH3 is 1. The van der Waals surface area contributed by atoms with Gasteiger partial charge in [-0.05, 0) is 69.6 Å². The quantitative estimate of drug-likeness (QED) is 0.522. The van der Waals surface area contributed by atoms with Crippen LogP contribution in [0.3, 0.4) is 0 Å². The van der Waals surface area contributed by atoms with E-state index in [1.165, 1.54) is 19.2 Å². The van der Waals surface area contributed by atoms with E-state index >= 15 is 0 Å². The third kappa shape index (κ3) is 4.54. The molecule has 1 saturated carbocycles. The van der Waals surface area contributed by atoms with Crippen molar-refractivity contribution in [3.05, 3.63) is 29.7 Å². The van der Waals surface area contributed by atoms with E-state index in [1.54, 1.807) is 11.0 Å². The highest BCUT2D eigenvalue weighted by atomic mass is 19.1. The van der Waals surface area contributed by atoms with Gasteiger partial charge in [-0.3, -0.25) is 14.4 Å². The molecule has 3 N–H and O–H groups in total. The van der Waals surface area contributed by atoms with Gasteiger partial charge in [0.05, 0.1) is 18.7 Å². The second kappa shape index (κ2) is 9.40. The molecule has 5 atom stereocenters. The average molecular weight is 509 g/mol. The number of carbonyl (C=O) groups excluding carboxylic acids is 3. The summed E-state index contributed by atoms with van der Waals surface area (Å²) in [5.74, 6) is 1.84. The van der Waals surface area contributed by atoms with Gasteiger partial charge in [-0.15, -0.1) is 6.42 Å². The molecule has 3 heterocycles. The summed E-state index contributed by atoms with van der Waals surface area (Å²) in [5.41, 5.74) is 0.0843. The Morgan fingerprint density at radius 2 is 2.14 bits per heavy atom. The number of ether oxygens (including phenoxy) is 1. The van der Waals surface area contributed by atoms with Gasteiger partial charge < -0.3 is 25.3 Å². The highest BCUT2D eigenvalue weighted by Gasteiger charge is 2.50. The Kier molecular flexibility index (Phi) is 6.38. The number of H-pyrrole nitrogens is 1. The average Bonchev–Trinajstić information content (AvgIpc) is 3.60. The number of aromatic nitrogens is 1. The molecule has 3 fully saturated rings. The Morgan fingerprint density at radius 3 is 2.81 bits per heavy atom. The lowest BCUT2D eigenvalue weighted by Crippen LogP contribution is -2.51. The Hall–Kier alpha value is -3.54. The van der Waals surface area contributed by atoms with Gasteiger partial charge in [-0.1, -0.05) is 12.3 Å². The number of rotatable bonds is 6. The number of halogens is 1. The molecule has 0 radical (unpaired) electrons. The van der Waals surface area contributed by atoms with Crippen molar-refractivity contribution in [1.82, 2.24) is 20.5 Å². The maximum absolute atomic E-state index is 14.5. The molecular formula is C28H33FN4O4. The zero-order chi connectivity index (χ0) is 26.5. The first-order chi connectivity index (χ1) is 17.6. The third-order valence-corrected chi connectivity index (χ3v) is 8.20. The first-order valence-electron chi connectivity index (χ1n) is 12.9. The first kappa shape index (κ1) is 25.1. The van der Waals surface area contributed by atoms with Crippen LogP contribution in [0, 0.1) is 35.9 Å². The van der Waals surface area contributed by atoms with Crippen LogP contribution in [0.15, 0.2) is 18.2 Å². The summed E-state index contributed by atoms with van der Waals surface area (Å²) in [4.78, 5) is 44.2. The van der Waals surface area contributed by atoms with Crippen LogP contribution >= 0.6 is 0 Å². The predicted molar refractivity (Wildman–Crippen MR) is 136 cm³/mol. The SMILES string of the molecule is C#CC(CC1CC(C)(C)NC1=O)NC(=O)C1C2CCCC2CN1C(=O)c1cc2c(OC)ccc(F)c2[nH]1. The number of nitrogens with zero attached hydrogens (tertiary/aromatic N) is 1. The van der Waals surface area contributed by atoms with Crippen molar-refractivity contribution in [1.29, 1.82) is 0 Å². The van der Waals surface area contributed by atoms with Crippen LogP contribution in [0.5, 0.6) is 5.75 Å². The van der Waals surface area contributed by atoms with Crippen LogP contribution in [0.2, 0.25) is 0 Å². The highest BCUT2D eigenvalue weighted by molar-refractivity contribution is 6.02. The fourth-order valence-corrected chi connectivity index (χ4v) is 6.55. The molecule has 3 amide bonds. The molecule has 9 heteroatoms. The van der Waals surface area contributed by atoms with Crippen LogP contribution < -0.4 is 15.4 Å². The number of likely N-dealkylation sites (tertiary alicyclic amines) is 1. The number of nitrogens with one attached hydrogen (secondary N) is 3. The predicted octanol–water partition coefficient (Wildman–Crippen LogP) is 2.98. The van der Waals surface area contributed by atoms with Gasteiger partial charge in [-0.2, -0.15) is 0 Å². The van der Waals surface area contributed by atoms with Crippen molar-refractivity contribution in [2.24, 2.45) is 17.8 Å². The minimum Gasteiger partial charge on any atom is -0.496 e. The molecule has 5 rings (SSSR count). The molecule has 0 bridgehead atoms. The molecule has 196 valence electrons. The van der Waals surface area contributed by atoms with E-state index in [1.807, 2.05) is 13.8 Å². The van der Waals surface area contributed by atoms with Gasteiger partial charge in [0.25, 0.3) is 5.91 Å². The van der Waals surface area contributed by atoms with Crippen molar-refractivity contribution in [3.63, 3.8) is 0 Å². The maximum Gasteiger partial charge on any atom is 0.271 e. The Balaban J connectivity index is 1.37. The molecule has 0 spiro atoms. The summed E-state index contributed by atoms with van der Waals surface area (Å²) in [6.07, 6.45) is 9.54. The molecule has 2 saturated heterocycles. The van der Waals surface area contributed by atoms with E-state index < -0.39 is 17.9 Å². The molecule has 8 nitrogen and oxygen atoms in total. The fraction of sp³-hybridized carbons (Fsp3) is 0.536. The highest BCUT2D eigenvalue weighted by Crippen LogP contribution is 2.43. The summed E-state index contributed by atoms with van der Waals surface area (Å²) >= 11 is 0. The summed E-state index contributed by atoms with van der Waals surface area (Å²) in [6, 6.07) is 3.08. The van der Waals surface area contributed by atoms with E-state index in [2.05, 4.69) is 21.5 Å². The minimum atomic E-state index is -0.678. The normalized spacial score (nSPS) is 27.0. The zero-order valence-corrected chi connectivity index (χ0v) is 21.4. The van der Waals surface area contributed by atoms with Crippen molar-refractivity contribution >= 4 is 28.6 Å². The second-order valence-electron chi connectivity index (χ2n) is 11.2. The van der Waals surface area contributed by atoms with Gasteiger partial charge in [-0.25, -0.2) is 4.39 Å². The fourth-order valence-electron chi connectivity index (χ4n) is 6.55. The molecule has 2 aromatic rings. The number of fused-ring (bicyclic) bond motifs is 2. The van der Waals surface area contributed by atoms with Gasteiger partial charge in [0.15, 0.2) is 0 Å². The molecular weight excluding hydrogens is 475 g/mol. The Bertz CT molecular complexity index is 1300. The summed E-state index contributed by atoms with van der Waals surface area (Å²) < 4.78 is 19.8. The van der Waals surface area contributed by atoms with Crippen LogP contribution in [-0.4, -0.2) is 58.9 Å². The molecule has 3 aliphatic rings. The number of hydrogen-bond donors (Lipinski definition) is 3. The second-order valence-corrected chi connectivity index (χ2v) is 11.2.